The summed E-state index contributed by atoms with van der Waals surface area (Å²) in [7, 11) is 2.98. The first-order valence-electron chi connectivity index (χ1n) is 15.9. The van der Waals surface area contributed by atoms with Crippen molar-refractivity contribution in [2.75, 3.05) is 27.3 Å². The van der Waals surface area contributed by atoms with Crippen molar-refractivity contribution in [2.24, 2.45) is 46.3 Å². The van der Waals surface area contributed by atoms with Crippen molar-refractivity contribution in [3.63, 3.8) is 0 Å². The number of esters is 1. The molecule has 7 nitrogen and oxygen atoms in total. The highest BCUT2D eigenvalue weighted by molar-refractivity contribution is 5.69. The van der Waals surface area contributed by atoms with Gasteiger partial charge in [0.05, 0.1) is 14.2 Å². The number of ether oxygens (including phenoxy) is 2. The molecule has 39 heavy (non-hydrogen) atoms. The molecule has 0 aromatic rings. The summed E-state index contributed by atoms with van der Waals surface area (Å²) >= 11 is 0. The van der Waals surface area contributed by atoms with Crippen LogP contribution >= 0.6 is 0 Å². The molecule has 0 bridgehead atoms. The first-order valence-corrected chi connectivity index (χ1v) is 15.9. The lowest BCUT2D eigenvalue weighted by atomic mass is 9.43. The molecule has 10 atom stereocenters. The molecule has 4 fully saturated rings. The highest BCUT2D eigenvalue weighted by atomic mass is 16.5. The van der Waals surface area contributed by atoms with E-state index in [2.05, 4.69) is 50.6 Å². The Kier molecular flexibility index (Phi) is 9.95. The molecule has 0 aromatic carbocycles. The molecule has 3 N–H and O–H groups in total. The number of rotatable bonds is 10. The lowest BCUT2D eigenvalue weighted by molar-refractivity contribution is -0.141. The predicted molar refractivity (Wildman–Crippen MR) is 155 cm³/mol. The average molecular weight is 548 g/mol. The van der Waals surface area contributed by atoms with Crippen LogP contribution in [0.2, 0.25) is 0 Å². The van der Waals surface area contributed by atoms with Crippen molar-refractivity contribution < 1.29 is 19.1 Å². The second-order valence-electron chi connectivity index (χ2n) is 14.3. The number of nitrogens with one attached hydrogen (secondary N) is 3. The lowest BCUT2D eigenvalue weighted by Crippen LogP contribution is -2.62. The van der Waals surface area contributed by atoms with E-state index in [0.29, 0.717) is 59.4 Å². The maximum atomic E-state index is 12.6. The molecule has 0 saturated heterocycles. The number of carbonyl (C=O) groups is 2. The van der Waals surface area contributed by atoms with Gasteiger partial charge in [-0.05, 0) is 104 Å². The predicted octanol–water partition coefficient (Wildman–Crippen LogP) is 5.53. The van der Waals surface area contributed by atoms with Gasteiger partial charge in [-0.3, -0.25) is 4.79 Å². The monoisotopic (exact) mass is 547 g/mol. The smallest absolute Gasteiger partial charge is 0.407 e. The van der Waals surface area contributed by atoms with Crippen molar-refractivity contribution in [3.8, 4) is 0 Å². The maximum Gasteiger partial charge on any atom is 0.407 e. The average Bonchev–Trinajstić information content (AvgIpc) is 3.26. The minimum atomic E-state index is -0.277. The molecular formula is C32H57N3O4. The number of alkyl carbamates (subject to hydrolysis) is 1. The van der Waals surface area contributed by atoms with E-state index >= 15 is 0 Å². The zero-order valence-corrected chi connectivity index (χ0v) is 25.8. The molecule has 0 aromatic heterocycles. The summed E-state index contributed by atoms with van der Waals surface area (Å²) in [6, 6.07) is 1.26. The molecule has 0 aliphatic heterocycles. The summed E-state index contributed by atoms with van der Waals surface area (Å²) in [5.41, 5.74) is 0.599. The van der Waals surface area contributed by atoms with Crippen LogP contribution in [-0.2, 0) is 14.3 Å². The Hall–Kier alpha value is -1.34. The van der Waals surface area contributed by atoms with Gasteiger partial charge in [0.2, 0.25) is 0 Å². The van der Waals surface area contributed by atoms with Crippen LogP contribution in [0.3, 0.4) is 0 Å². The molecule has 0 heterocycles. The number of amides is 1. The molecule has 224 valence electrons. The summed E-state index contributed by atoms with van der Waals surface area (Å²) in [6.07, 6.45) is 10.9. The number of fused-ring (bicyclic) bond motifs is 5. The SMILES string of the molecule is COC(=O)CCC(C)[C@H]1CCC2C3C(CC[C@@]21C)[C@@]1(C)CC[C@@H](NCCNC(C)C)C[C@@H]1C[C@H]3NC(=O)OC. The Morgan fingerprint density at radius 2 is 1.62 bits per heavy atom. The Morgan fingerprint density at radius 1 is 0.897 bits per heavy atom. The number of methoxy groups -OCH3 is 2. The van der Waals surface area contributed by atoms with Crippen LogP contribution in [0.15, 0.2) is 0 Å². The molecule has 4 saturated carbocycles. The number of hydrogen-bond acceptors (Lipinski definition) is 6. The van der Waals surface area contributed by atoms with E-state index in [-0.39, 0.29) is 23.5 Å². The zero-order valence-electron chi connectivity index (χ0n) is 25.8. The molecule has 4 aliphatic carbocycles. The van der Waals surface area contributed by atoms with Crippen molar-refractivity contribution in [2.45, 2.75) is 117 Å². The highest BCUT2D eigenvalue weighted by Gasteiger charge is 2.63. The molecule has 4 unspecified atom stereocenters. The third-order valence-electron chi connectivity index (χ3n) is 12.1. The van der Waals surface area contributed by atoms with Crippen LogP contribution in [0.25, 0.3) is 0 Å². The highest BCUT2D eigenvalue weighted by Crippen LogP contribution is 2.68. The van der Waals surface area contributed by atoms with Gasteiger partial charge in [-0.1, -0.05) is 34.6 Å². The van der Waals surface area contributed by atoms with Gasteiger partial charge in [0.25, 0.3) is 0 Å². The lowest BCUT2D eigenvalue weighted by Gasteiger charge is -2.63. The van der Waals surface area contributed by atoms with Gasteiger partial charge >= 0.3 is 12.1 Å². The third kappa shape index (κ3) is 6.29. The largest absolute Gasteiger partial charge is 0.469 e. The van der Waals surface area contributed by atoms with E-state index in [1.165, 1.54) is 59.2 Å². The van der Waals surface area contributed by atoms with E-state index in [9.17, 15) is 9.59 Å². The molecule has 0 radical (unpaired) electrons. The van der Waals surface area contributed by atoms with Crippen LogP contribution in [0.5, 0.6) is 0 Å². The quantitative estimate of drug-likeness (QED) is 0.246. The number of hydrogen-bond donors (Lipinski definition) is 3. The van der Waals surface area contributed by atoms with E-state index < -0.39 is 0 Å². The van der Waals surface area contributed by atoms with Gasteiger partial charge in [0.15, 0.2) is 0 Å². The van der Waals surface area contributed by atoms with E-state index in [0.717, 1.165) is 25.9 Å². The standard InChI is InChI=1S/C32H57N3O4/c1-20(2)33-16-17-34-23-12-14-31(4)22(18-23)19-27(35-30(37)39-7)29-25-10-9-24(21(3)8-11-28(36)38-6)32(25,5)15-13-26(29)31/h20-27,29,33-34H,8-19H2,1-7H3,(H,35,37)/t21?,22-,23-,24-,25?,26?,27-,29?,31+,32-/m1/s1. The van der Waals surface area contributed by atoms with Crippen molar-refractivity contribution >= 4 is 12.1 Å². The van der Waals surface area contributed by atoms with E-state index in [1.54, 1.807) is 0 Å². The van der Waals surface area contributed by atoms with Crippen LogP contribution in [-0.4, -0.2) is 57.5 Å². The van der Waals surface area contributed by atoms with Gasteiger partial charge in [-0.25, -0.2) is 4.79 Å². The van der Waals surface area contributed by atoms with Gasteiger partial charge in [-0.15, -0.1) is 0 Å². The third-order valence-corrected chi connectivity index (χ3v) is 12.1. The first-order chi connectivity index (χ1) is 18.5. The minimum absolute atomic E-state index is 0.0971. The summed E-state index contributed by atoms with van der Waals surface area (Å²) < 4.78 is 10.1. The van der Waals surface area contributed by atoms with Crippen molar-refractivity contribution in [3.05, 3.63) is 0 Å². The van der Waals surface area contributed by atoms with Crippen LogP contribution < -0.4 is 16.0 Å². The molecule has 7 heteroatoms. The molecule has 4 aliphatic rings. The zero-order chi connectivity index (χ0) is 28.4. The fraction of sp³-hybridized carbons (Fsp3) is 0.938. The Balaban J connectivity index is 1.51. The van der Waals surface area contributed by atoms with E-state index in [1.807, 2.05) is 0 Å². The van der Waals surface area contributed by atoms with Gasteiger partial charge in [-0.2, -0.15) is 0 Å². The van der Waals surface area contributed by atoms with Crippen LogP contribution in [0, 0.1) is 46.3 Å². The van der Waals surface area contributed by atoms with Crippen LogP contribution in [0.4, 0.5) is 4.79 Å². The molecule has 0 spiro atoms. The Bertz CT molecular complexity index is 851. The Labute approximate surface area is 237 Å². The fourth-order valence-corrected chi connectivity index (χ4v) is 10.1. The second-order valence-corrected chi connectivity index (χ2v) is 14.3. The van der Waals surface area contributed by atoms with Gasteiger partial charge in [0, 0.05) is 37.6 Å². The van der Waals surface area contributed by atoms with Gasteiger partial charge in [0.1, 0.15) is 0 Å². The topological polar surface area (TPSA) is 88.7 Å². The van der Waals surface area contributed by atoms with Gasteiger partial charge < -0.3 is 25.4 Å². The first kappa shape index (κ1) is 30.6. The molecule has 1 amide bonds. The van der Waals surface area contributed by atoms with E-state index in [4.69, 9.17) is 9.47 Å². The normalized spacial score (nSPS) is 40.3. The minimum Gasteiger partial charge on any atom is -0.469 e. The maximum absolute atomic E-state index is 12.6. The summed E-state index contributed by atoms with van der Waals surface area (Å²) in [5, 5.41) is 10.7. The van der Waals surface area contributed by atoms with Crippen molar-refractivity contribution in [1.29, 1.82) is 0 Å². The molecule has 4 rings (SSSR count). The van der Waals surface area contributed by atoms with Crippen molar-refractivity contribution in [1.82, 2.24) is 16.0 Å². The summed E-state index contributed by atoms with van der Waals surface area (Å²) in [4.78, 5) is 24.5. The second kappa shape index (κ2) is 12.7. The van der Waals surface area contributed by atoms with Crippen LogP contribution in [0.1, 0.15) is 98.8 Å². The summed E-state index contributed by atoms with van der Waals surface area (Å²) in [6.45, 7) is 13.9. The Morgan fingerprint density at radius 3 is 2.31 bits per heavy atom. The molecular weight excluding hydrogens is 490 g/mol. The number of carbonyl (C=O) groups excluding carboxylic acids is 2. The fourth-order valence-electron chi connectivity index (χ4n) is 10.1. The summed E-state index contributed by atoms with van der Waals surface area (Å²) in [5.74, 6) is 3.40.